The van der Waals surface area contributed by atoms with Crippen LogP contribution in [0.5, 0.6) is 0 Å². The van der Waals surface area contributed by atoms with Crippen molar-refractivity contribution in [2.75, 3.05) is 26.2 Å². The van der Waals surface area contributed by atoms with E-state index in [4.69, 9.17) is 4.42 Å². The van der Waals surface area contributed by atoms with Crippen molar-refractivity contribution in [1.82, 2.24) is 20.5 Å². The summed E-state index contributed by atoms with van der Waals surface area (Å²) < 4.78 is 5.52. The first-order chi connectivity index (χ1) is 14.5. The van der Waals surface area contributed by atoms with Crippen LogP contribution >= 0.6 is 0 Å². The van der Waals surface area contributed by atoms with Gasteiger partial charge in [0.05, 0.1) is 18.8 Å². The molecule has 2 aromatic heterocycles. The third-order valence-electron chi connectivity index (χ3n) is 5.06. The van der Waals surface area contributed by atoms with Gasteiger partial charge in [-0.25, -0.2) is 0 Å². The lowest BCUT2D eigenvalue weighted by Crippen LogP contribution is -2.42. The van der Waals surface area contributed by atoms with E-state index in [1.165, 1.54) is 6.20 Å². The quantitative estimate of drug-likeness (QED) is 0.500. The summed E-state index contributed by atoms with van der Waals surface area (Å²) in [6, 6.07) is 10.5. The number of hydrogen-bond acceptors (Lipinski definition) is 5. The van der Waals surface area contributed by atoms with Gasteiger partial charge in [0.25, 0.3) is 5.91 Å². The number of likely N-dealkylation sites (N-methyl/N-ethyl adjacent to an activating group) is 1. The zero-order chi connectivity index (χ0) is 21.5. The molecule has 2 amide bonds. The lowest BCUT2D eigenvalue weighted by molar-refractivity contribution is -0.120. The van der Waals surface area contributed by atoms with Gasteiger partial charge in [0, 0.05) is 23.6 Å². The maximum atomic E-state index is 12.5. The number of H-pyrrole nitrogens is 1. The molecule has 30 heavy (non-hydrogen) atoms. The number of pyridine rings is 1. The van der Waals surface area contributed by atoms with Gasteiger partial charge in [-0.2, -0.15) is 0 Å². The van der Waals surface area contributed by atoms with Crippen molar-refractivity contribution in [2.45, 2.75) is 19.9 Å². The maximum absolute atomic E-state index is 12.5. The number of furan rings is 1. The van der Waals surface area contributed by atoms with E-state index in [1.807, 2.05) is 26.0 Å². The van der Waals surface area contributed by atoms with Gasteiger partial charge in [-0.1, -0.05) is 26.0 Å². The molecule has 0 saturated heterocycles. The molecule has 0 aliphatic rings. The minimum atomic E-state index is -0.594. The molecule has 0 fully saturated rings. The summed E-state index contributed by atoms with van der Waals surface area (Å²) in [6.45, 7) is 5.82. The SMILES string of the molecule is CCN(CC)C(CNC(=O)CNC(=O)c1c[nH]c2ccccc2c1=O)c1ccco1. The van der Waals surface area contributed by atoms with E-state index >= 15 is 0 Å². The Morgan fingerprint density at radius 1 is 1.10 bits per heavy atom. The first-order valence-corrected chi connectivity index (χ1v) is 9.97. The van der Waals surface area contributed by atoms with Crippen LogP contribution in [0.1, 0.15) is 36.0 Å². The molecule has 158 valence electrons. The molecule has 1 unspecified atom stereocenters. The Kier molecular flexibility index (Phi) is 7.03. The van der Waals surface area contributed by atoms with Crippen LogP contribution in [-0.2, 0) is 4.79 Å². The molecule has 1 aromatic carbocycles. The second kappa shape index (κ2) is 9.89. The zero-order valence-electron chi connectivity index (χ0n) is 17.1. The molecule has 0 saturated carbocycles. The molecule has 0 aliphatic carbocycles. The molecule has 8 nitrogen and oxygen atoms in total. The van der Waals surface area contributed by atoms with Gasteiger partial charge in [-0.05, 0) is 37.4 Å². The van der Waals surface area contributed by atoms with Gasteiger partial charge in [-0.3, -0.25) is 19.3 Å². The predicted molar refractivity (Wildman–Crippen MR) is 114 cm³/mol. The highest BCUT2D eigenvalue weighted by molar-refractivity contribution is 5.98. The molecule has 3 rings (SSSR count). The standard InChI is InChI=1S/C22H26N4O4/c1-3-26(4-2)18(19-10-7-11-30-19)13-24-20(27)14-25-22(29)16-12-23-17-9-6-5-8-15(17)21(16)28/h5-12,18H,3-4,13-14H2,1-2H3,(H,23,28)(H,24,27)(H,25,29). The van der Waals surface area contributed by atoms with Crippen molar-refractivity contribution in [1.29, 1.82) is 0 Å². The number of hydrogen-bond donors (Lipinski definition) is 3. The molecule has 8 heteroatoms. The summed E-state index contributed by atoms with van der Waals surface area (Å²) in [7, 11) is 0. The first-order valence-electron chi connectivity index (χ1n) is 9.97. The number of benzene rings is 1. The van der Waals surface area contributed by atoms with Gasteiger partial charge >= 0.3 is 0 Å². The first kappa shape index (κ1) is 21.3. The molecule has 0 aliphatic heterocycles. The smallest absolute Gasteiger partial charge is 0.257 e. The fourth-order valence-electron chi connectivity index (χ4n) is 3.42. The van der Waals surface area contributed by atoms with Crippen LogP contribution in [0.4, 0.5) is 0 Å². The highest BCUT2D eigenvalue weighted by atomic mass is 16.3. The Labute approximate surface area is 174 Å². The Bertz CT molecular complexity index is 1050. The van der Waals surface area contributed by atoms with Crippen molar-refractivity contribution in [3.63, 3.8) is 0 Å². The Morgan fingerprint density at radius 3 is 2.57 bits per heavy atom. The summed E-state index contributed by atoms with van der Waals surface area (Å²) in [5.41, 5.74) is 0.247. The summed E-state index contributed by atoms with van der Waals surface area (Å²) in [5, 5.41) is 5.77. The largest absolute Gasteiger partial charge is 0.468 e. The van der Waals surface area contributed by atoms with E-state index in [2.05, 4.69) is 20.5 Å². The van der Waals surface area contributed by atoms with Crippen LogP contribution in [0.15, 0.2) is 58.1 Å². The molecule has 3 aromatic rings. The third kappa shape index (κ3) is 4.77. The van der Waals surface area contributed by atoms with Crippen molar-refractivity contribution in [2.24, 2.45) is 0 Å². The lowest BCUT2D eigenvalue weighted by atomic mass is 10.1. The zero-order valence-corrected chi connectivity index (χ0v) is 17.1. The molecule has 0 bridgehead atoms. The van der Waals surface area contributed by atoms with Crippen LogP contribution in [0.25, 0.3) is 10.9 Å². The second-order valence-corrected chi connectivity index (χ2v) is 6.82. The van der Waals surface area contributed by atoms with Gasteiger partial charge in [0.15, 0.2) is 0 Å². The van der Waals surface area contributed by atoms with Crippen LogP contribution in [0, 0.1) is 0 Å². The fraction of sp³-hybridized carbons (Fsp3) is 0.318. The number of aromatic amines is 1. The van der Waals surface area contributed by atoms with Gasteiger partial charge in [0.2, 0.25) is 11.3 Å². The number of fused-ring (bicyclic) bond motifs is 1. The maximum Gasteiger partial charge on any atom is 0.257 e. The van der Waals surface area contributed by atoms with Crippen LogP contribution in [0.2, 0.25) is 0 Å². The van der Waals surface area contributed by atoms with Crippen LogP contribution < -0.4 is 16.1 Å². The average molecular weight is 410 g/mol. The fourth-order valence-corrected chi connectivity index (χ4v) is 3.42. The number of carbonyl (C=O) groups excluding carboxylic acids is 2. The molecule has 0 radical (unpaired) electrons. The van der Waals surface area contributed by atoms with E-state index in [1.54, 1.807) is 30.5 Å². The molecule has 3 N–H and O–H groups in total. The molecular formula is C22H26N4O4. The van der Waals surface area contributed by atoms with Gasteiger partial charge in [-0.15, -0.1) is 0 Å². The monoisotopic (exact) mass is 410 g/mol. The highest BCUT2D eigenvalue weighted by Gasteiger charge is 2.21. The number of para-hydroxylation sites is 1. The average Bonchev–Trinajstić information content (AvgIpc) is 3.30. The summed E-state index contributed by atoms with van der Waals surface area (Å²) in [5.74, 6) is -0.168. The minimum absolute atomic E-state index is 0.0295. The molecule has 2 heterocycles. The van der Waals surface area contributed by atoms with E-state index in [9.17, 15) is 14.4 Å². The number of aromatic nitrogens is 1. The van der Waals surface area contributed by atoms with Crippen LogP contribution in [-0.4, -0.2) is 47.9 Å². The number of amides is 2. The Hall–Kier alpha value is -3.39. The minimum Gasteiger partial charge on any atom is -0.468 e. The normalized spacial score (nSPS) is 12.1. The predicted octanol–water partition coefficient (Wildman–Crippen LogP) is 2.05. The molecular weight excluding hydrogens is 384 g/mol. The van der Waals surface area contributed by atoms with E-state index in [-0.39, 0.29) is 29.5 Å². The second-order valence-electron chi connectivity index (χ2n) is 6.82. The lowest BCUT2D eigenvalue weighted by Gasteiger charge is -2.28. The van der Waals surface area contributed by atoms with Crippen molar-refractivity contribution in [3.8, 4) is 0 Å². The number of nitrogens with one attached hydrogen (secondary N) is 3. The van der Waals surface area contributed by atoms with Crippen molar-refractivity contribution in [3.05, 3.63) is 70.4 Å². The summed E-state index contributed by atoms with van der Waals surface area (Å²) in [6.07, 6.45) is 2.97. The third-order valence-corrected chi connectivity index (χ3v) is 5.06. The molecule has 1 atom stereocenters. The van der Waals surface area contributed by atoms with Crippen LogP contribution in [0.3, 0.4) is 0 Å². The Morgan fingerprint density at radius 2 is 1.87 bits per heavy atom. The van der Waals surface area contributed by atoms with Gasteiger partial charge in [0.1, 0.15) is 11.3 Å². The van der Waals surface area contributed by atoms with Crippen molar-refractivity contribution < 1.29 is 14.0 Å². The van der Waals surface area contributed by atoms with E-state index < -0.39 is 5.91 Å². The number of nitrogens with zero attached hydrogens (tertiary/aromatic N) is 1. The molecule has 0 spiro atoms. The van der Waals surface area contributed by atoms with Crippen molar-refractivity contribution >= 4 is 22.7 Å². The van der Waals surface area contributed by atoms with E-state index in [0.29, 0.717) is 17.4 Å². The van der Waals surface area contributed by atoms with E-state index in [0.717, 1.165) is 18.8 Å². The Balaban J connectivity index is 1.59. The number of rotatable bonds is 9. The summed E-state index contributed by atoms with van der Waals surface area (Å²) in [4.78, 5) is 42.3. The van der Waals surface area contributed by atoms with Gasteiger partial charge < -0.3 is 20.0 Å². The topological polar surface area (TPSA) is 107 Å². The highest BCUT2D eigenvalue weighted by Crippen LogP contribution is 2.20. The number of carbonyl (C=O) groups is 2. The summed E-state index contributed by atoms with van der Waals surface area (Å²) >= 11 is 0.